The Labute approximate surface area is 90.7 Å². The van der Waals surface area contributed by atoms with E-state index in [4.69, 9.17) is 10.5 Å². The molecule has 0 fully saturated rings. The van der Waals surface area contributed by atoms with Gasteiger partial charge in [0, 0.05) is 13.0 Å². The summed E-state index contributed by atoms with van der Waals surface area (Å²) in [5.74, 6) is 1.04. The molecule has 1 aromatic carbocycles. The molecule has 0 spiro atoms. The number of benzene rings is 1. The van der Waals surface area contributed by atoms with E-state index in [1.54, 1.807) is 0 Å². The van der Waals surface area contributed by atoms with Gasteiger partial charge in [-0.15, -0.1) is 0 Å². The average Bonchev–Trinajstić information content (AvgIpc) is 2.73. The SMILES string of the molecule is CCC(=Cc1ccc2c(c1)CCO2)CN. The van der Waals surface area contributed by atoms with Crippen molar-refractivity contribution in [2.75, 3.05) is 13.2 Å². The third-order valence-corrected chi connectivity index (χ3v) is 2.80. The molecule has 0 atom stereocenters. The standard InChI is InChI=1S/C13H17NO/c1-2-10(9-14)7-11-3-4-13-12(8-11)5-6-15-13/h3-4,7-8H,2,5-6,9,14H2,1H3. The quantitative estimate of drug-likeness (QED) is 0.818. The zero-order chi connectivity index (χ0) is 10.7. The summed E-state index contributed by atoms with van der Waals surface area (Å²) in [6.45, 7) is 3.60. The molecule has 0 amide bonds. The fourth-order valence-electron chi connectivity index (χ4n) is 1.84. The second-order valence-corrected chi connectivity index (χ2v) is 3.83. The van der Waals surface area contributed by atoms with Crippen molar-refractivity contribution in [1.82, 2.24) is 0 Å². The highest BCUT2D eigenvalue weighted by molar-refractivity contribution is 5.57. The van der Waals surface area contributed by atoms with Crippen LogP contribution in [-0.4, -0.2) is 13.2 Å². The molecule has 1 aromatic rings. The average molecular weight is 203 g/mol. The molecule has 1 aliphatic rings. The molecular weight excluding hydrogens is 186 g/mol. The van der Waals surface area contributed by atoms with Gasteiger partial charge < -0.3 is 10.5 Å². The molecule has 0 saturated carbocycles. The summed E-state index contributed by atoms with van der Waals surface area (Å²) < 4.78 is 5.47. The molecule has 80 valence electrons. The number of fused-ring (bicyclic) bond motifs is 1. The summed E-state index contributed by atoms with van der Waals surface area (Å²) in [5, 5.41) is 0. The molecule has 0 aliphatic carbocycles. The van der Waals surface area contributed by atoms with E-state index in [9.17, 15) is 0 Å². The van der Waals surface area contributed by atoms with Gasteiger partial charge in [0.2, 0.25) is 0 Å². The van der Waals surface area contributed by atoms with E-state index in [0.717, 1.165) is 25.2 Å². The van der Waals surface area contributed by atoms with Gasteiger partial charge in [0.25, 0.3) is 0 Å². The van der Waals surface area contributed by atoms with Crippen molar-refractivity contribution in [3.63, 3.8) is 0 Å². The molecule has 15 heavy (non-hydrogen) atoms. The zero-order valence-corrected chi connectivity index (χ0v) is 9.12. The smallest absolute Gasteiger partial charge is 0.122 e. The lowest BCUT2D eigenvalue weighted by Crippen LogP contribution is -2.01. The van der Waals surface area contributed by atoms with Crippen LogP contribution in [0.5, 0.6) is 5.75 Å². The lowest BCUT2D eigenvalue weighted by Gasteiger charge is -2.03. The first-order valence-corrected chi connectivity index (χ1v) is 5.48. The summed E-state index contributed by atoms with van der Waals surface area (Å²) in [4.78, 5) is 0. The molecule has 2 rings (SSSR count). The summed E-state index contributed by atoms with van der Waals surface area (Å²) >= 11 is 0. The van der Waals surface area contributed by atoms with E-state index in [2.05, 4.69) is 31.2 Å². The van der Waals surface area contributed by atoms with E-state index >= 15 is 0 Å². The van der Waals surface area contributed by atoms with Crippen LogP contribution < -0.4 is 10.5 Å². The minimum Gasteiger partial charge on any atom is -0.493 e. The first-order valence-electron chi connectivity index (χ1n) is 5.48. The van der Waals surface area contributed by atoms with E-state index in [0.29, 0.717) is 6.54 Å². The number of hydrogen-bond acceptors (Lipinski definition) is 2. The largest absolute Gasteiger partial charge is 0.493 e. The van der Waals surface area contributed by atoms with Gasteiger partial charge in [0.1, 0.15) is 5.75 Å². The van der Waals surface area contributed by atoms with Crippen LogP contribution in [0.2, 0.25) is 0 Å². The second kappa shape index (κ2) is 4.49. The van der Waals surface area contributed by atoms with Gasteiger partial charge in [-0.2, -0.15) is 0 Å². The highest BCUT2D eigenvalue weighted by Crippen LogP contribution is 2.26. The molecule has 0 radical (unpaired) electrons. The van der Waals surface area contributed by atoms with Crippen molar-refractivity contribution in [2.45, 2.75) is 19.8 Å². The van der Waals surface area contributed by atoms with Crippen molar-refractivity contribution in [2.24, 2.45) is 5.73 Å². The van der Waals surface area contributed by atoms with Gasteiger partial charge in [0.05, 0.1) is 6.61 Å². The summed E-state index contributed by atoms with van der Waals surface area (Å²) in [6.07, 6.45) is 4.23. The highest BCUT2D eigenvalue weighted by atomic mass is 16.5. The molecule has 0 bridgehead atoms. The van der Waals surface area contributed by atoms with E-state index < -0.39 is 0 Å². The molecular formula is C13H17NO. The lowest BCUT2D eigenvalue weighted by molar-refractivity contribution is 0.357. The van der Waals surface area contributed by atoms with Crippen molar-refractivity contribution >= 4 is 6.08 Å². The normalized spacial score (nSPS) is 14.9. The molecule has 1 heterocycles. The van der Waals surface area contributed by atoms with Crippen LogP contribution in [0.25, 0.3) is 6.08 Å². The minimum absolute atomic E-state index is 0.643. The molecule has 0 saturated heterocycles. The molecule has 2 N–H and O–H groups in total. The lowest BCUT2D eigenvalue weighted by atomic mass is 10.1. The molecule has 0 aromatic heterocycles. The van der Waals surface area contributed by atoms with Crippen LogP contribution in [0.15, 0.2) is 23.8 Å². The van der Waals surface area contributed by atoms with E-state index in [-0.39, 0.29) is 0 Å². The van der Waals surface area contributed by atoms with Gasteiger partial charge in [-0.25, -0.2) is 0 Å². The Morgan fingerprint density at radius 3 is 3.13 bits per heavy atom. The number of ether oxygens (including phenoxy) is 1. The first-order chi connectivity index (χ1) is 7.33. The van der Waals surface area contributed by atoms with Crippen LogP contribution >= 0.6 is 0 Å². The Kier molecular flexibility index (Phi) is 3.07. The van der Waals surface area contributed by atoms with Crippen molar-refractivity contribution < 1.29 is 4.74 Å². The van der Waals surface area contributed by atoms with Crippen LogP contribution in [0.4, 0.5) is 0 Å². The third-order valence-electron chi connectivity index (χ3n) is 2.80. The molecule has 2 nitrogen and oxygen atoms in total. The number of nitrogens with two attached hydrogens (primary N) is 1. The zero-order valence-electron chi connectivity index (χ0n) is 9.12. The second-order valence-electron chi connectivity index (χ2n) is 3.83. The van der Waals surface area contributed by atoms with Crippen LogP contribution in [0.3, 0.4) is 0 Å². The van der Waals surface area contributed by atoms with Crippen LogP contribution in [0.1, 0.15) is 24.5 Å². The maximum Gasteiger partial charge on any atom is 0.122 e. The maximum absolute atomic E-state index is 5.65. The van der Waals surface area contributed by atoms with Crippen molar-refractivity contribution in [3.8, 4) is 5.75 Å². The van der Waals surface area contributed by atoms with E-state index in [1.165, 1.54) is 16.7 Å². The molecule has 0 unspecified atom stereocenters. The van der Waals surface area contributed by atoms with Crippen molar-refractivity contribution in [3.05, 3.63) is 34.9 Å². The Bertz CT molecular complexity index is 376. The van der Waals surface area contributed by atoms with Crippen molar-refractivity contribution in [1.29, 1.82) is 0 Å². The monoisotopic (exact) mass is 203 g/mol. The topological polar surface area (TPSA) is 35.2 Å². The predicted molar refractivity (Wildman–Crippen MR) is 63.0 cm³/mol. The third kappa shape index (κ3) is 2.21. The van der Waals surface area contributed by atoms with Gasteiger partial charge in [-0.3, -0.25) is 0 Å². The first kappa shape index (κ1) is 10.2. The highest BCUT2D eigenvalue weighted by Gasteiger charge is 2.11. The summed E-state index contributed by atoms with van der Waals surface area (Å²) in [7, 11) is 0. The fraction of sp³-hybridized carbons (Fsp3) is 0.385. The van der Waals surface area contributed by atoms with Gasteiger partial charge in [0.15, 0.2) is 0 Å². The fourth-order valence-corrected chi connectivity index (χ4v) is 1.84. The van der Waals surface area contributed by atoms with Crippen LogP contribution in [-0.2, 0) is 6.42 Å². The van der Waals surface area contributed by atoms with E-state index in [1.807, 2.05) is 0 Å². The Hall–Kier alpha value is -1.28. The minimum atomic E-state index is 0.643. The molecule has 2 heteroatoms. The summed E-state index contributed by atoms with van der Waals surface area (Å²) in [6, 6.07) is 6.35. The maximum atomic E-state index is 5.65. The van der Waals surface area contributed by atoms with Gasteiger partial charge in [-0.1, -0.05) is 24.6 Å². The molecule has 1 aliphatic heterocycles. The Balaban J connectivity index is 2.26. The van der Waals surface area contributed by atoms with Crippen LogP contribution in [0, 0.1) is 0 Å². The summed E-state index contributed by atoms with van der Waals surface area (Å²) in [5.41, 5.74) is 9.49. The Morgan fingerprint density at radius 1 is 1.53 bits per heavy atom. The Morgan fingerprint density at radius 2 is 2.40 bits per heavy atom. The van der Waals surface area contributed by atoms with Gasteiger partial charge >= 0.3 is 0 Å². The number of hydrogen-bond donors (Lipinski definition) is 1. The number of rotatable bonds is 3. The predicted octanol–water partition coefficient (Wildman–Crippen LogP) is 2.37. The van der Waals surface area contributed by atoms with Gasteiger partial charge in [-0.05, 0) is 29.7 Å².